The van der Waals surface area contributed by atoms with Crippen molar-refractivity contribution in [3.63, 3.8) is 0 Å². The highest BCUT2D eigenvalue weighted by Crippen LogP contribution is 2.19. The molecule has 0 aromatic rings. The third-order valence-electron chi connectivity index (χ3n) is 2.67. The van der Waals surface area contributed by atoms with Crippen LogP contribution in [-0.2, 0) is 0 Å². The Kier molecular flexibility index (Phi) is 1.82. The van der Waals surface area contributed by atoms with Crippen LogP contribution < -0.4 is 10.6 Å². The molecule has 3 heteroatoms. The van der Waals surface area contributed by atoms with Gasteiger partial charge in [-0.3, -0.25) is 5.41 Å². The molecule has 3 nitrogen and oxygen atoms in total. The van der Waals surface area contributed by atoms with Gasteiger partial charge in [0.25, 0.3) is 0 Å². The Balaban J connectivity index is 1.98. The predicted molar refractivity (Wildman–Crippen MR) is 44.9 cm³/mol. The topological polar surface area (TPSA) is 47.9 Å². The molecule has 0 bridgehead atoms. The van der Waals surface area contributed by atoms with E-state index in [9.17, 15) is 0 Å². The average molecular weight is 153 g/mol. The number of hydrogen-bond donors (Lipinski definition) is 3. The third kappa shape index (κ3) is 1.38. The monoisotopic (exact) mass is 153 g/mol. The summed E-state index contributed by atoms with van der Waals surface area (Å²) in [4.78, 5) is 0. The van der Waals surface area contributed by atoms with Crippen LogP contribution in [0.15, 0.2) is 0 Å². The van der Waals surface area contributed by atoms with Crippen molar-refractivity contribution in [2.75, 3.05) is 6.54 Å². The molecule has 2 fully saturated rings. The molecule has 62 valence electrons. The van der Waals surface area contributed by atoms with Crippen LogP contribution in [0.5, 0.6) is 0 Å². The molecular weight excluding hydrogens is 138 g/mol. The van der Waals surface area contributed by atoms with Crippen LogP contribution in [0.2, 0.25) is 0 Å². The van der Waals surface area contributed by atoms with Gasteiger partial charge in [0.15, 0.2) is 0 Å². The maximum atomic E-state index is 7.44. The molecule has 0 aromatic carbocycles. The summed E-state index contributed by atoms with van der Waals surface area (Å²) in [5.74, 6) is 0.660. The highest BCUT2D eigenvalue weighted by Gasteiger charge is 2.28. The summed E-state index contributed by atoms with van der Waals surface area (Å²) in [6, 6.07) is 1.18. The first-order valence-corrected chi connectivity index (χ1v) is 4.43. The van der Waals surface area contributed by atoms with Gasteiger partial charge < -0.3 is 10.6 Å². The zero-order chi connectivity index (χ0) is 7.68. The molecule has 0 unspecified atom stereocenters. The van der Waals surface area contributed by atoms with E-state index in [1.54, 1.807) is 0 Å². The number of piperazine rings is 1. The highest BCUT2D eigenvalue weighted by atomic mass is 15.1. The molecule has 1 saturated heterocycles. The first kappa shape index (κ1) is 7.10. The summed E-state index contributed by atoms with van der Waals surface area (Å²) in [6.45, 7) is 0.737. The fourth-order valence-electron chi connectivity index (χ4n) is 2.06. The number of fused-ring (bicyclic) bond motifs is 1. The largest absolute Gasteiger partial charge is 0.369 e. The van der Waals surface area contributed by atoms with E-state index in [-0.39, 0.29) is 0 Å². The van der Waals surface area contributed by atoms with Gasteiger partial charge in [-0.05, 0) is 12.8 Å². The van der Waals surface area contributed by atoms with E-state index in [2.05, 4.69) is 10.6 Å². The van der Waals surface area contributed by atoms with Crippen LogP contribution in [0, 0.1) is 5.41 Å². The Morgan fingerprint density at radius 2 is 1.91 bits per heavy atom. The average Bonchev–Trinajstić information content (AvgIpc) is 2.04. The Bertz CT molecular complexity index is 167. The van der Waals surface area contributed by atoms with Crippen molar-refractivity contribution in [1.82, 2.24) is 10.6 Å². The minimum atomic E-state index is 0.546. The SMILES string of the molecule is N=C1CN[C@H]2CCCC[C@H]2N1. The summed E-state index contributed by atoms with van der Waals surface area (Å²) >= 11 is 0. The minimum absolute atomic E-state index is 0.546. The van der Waals surface area contributed by atoms with Gasteiger partial charge in [-0.2, -0.15) is 0 Å². The van der Waals surface area contributed by atoms with Gasteiger partial charge in [0.1, 0.15) is 5.84 Å². The van der Waals surface area contributed by atoms with Crippen LogP contribution in [0.25, 0.3) is 0 Å². The van der Waals surface area contributed by atoms with Crippen LogP contribution in [0.4, 0.5) is 0 Å². The van der Waals surface area contributed by atoms with Gasteiger partial charge in [-0.15, -0.1) is 0 Å². The number of amidine groups is 1. The van der Waals surface area contributed by atoms with E-state index in [0.717, 1.165) is 6.54 Å². The van der Waals surface area contributed by atoms with E-state index in [0.29, 0.717) is 17.9 Å². The van der Waals surface area contributed by atoms with Crippen LogP contribution in [0.3, 0.4) is 0 Å². The number of nitrogens with one attached hydrogen (secondary N) is 3. The normalized spacial score (nSPS) is 37.6. The Morgan fingerprint density at radius 3 is 2.73 bits per heavy atom. The lowest BCUT2D eigenvalue weighted by Gasteiger charge is -2.37. The van der Waals surface area contributed by atoms with Gasteiger partial charge in [0.2, 0.25) is 0 Å². The van der Waals surface area contributed by atoms with Crippen molar-refractivity contribution in [3.05, 3.63) is 0 Å². The van der Waals surface area contributed by atoms with E-state index >= 15 is 0 Å². The molecule has 2 aliphatic rings. The molecule has 11 heavy (non-hydrogen) atoms. The first-order chi connectivity index (χ1) is 5.36. The maximum absolute atomic E-state index is 7.44. The van der Waals surface area contributed by atoms with Gasteiger partial charge in [0, 0.05) is 12.1 Å². The van der Waals surface area contributed by atoms with Gasteiger partial charge in [0.05, 0.1) is 6.54 Å². The van der Waals surface area contributed by atoms with Crippen molar-refractivity contribution < 1.29 is 0 Å². The summed E-state index contributed by atoms with van der Waals surface area (Å²) in [5.41, 5.74) is 0. The Labute approximate surface area is 67.1 Å². The molecule has 0 spiro atoms. The van der Waals surface area contributed by atoms with Gasteiger partial charge >= 0.3 is 0 Å². The van der Waals surface area contributed by atoms with Crippen molar-refractivity contribution in [2.24, 2.45) is 0 Å². The summed E-state index contributed by atoms with van der Waals surface area (Å²) in [6.07, 6.45) is 5.19. The second-order valence-corrected chi connectivity index (χ2v) is 3.50. The van der Waals surface area contributed by atoms with E-state index in [1.165, 1.54) is 25.7 Å². The van der Waals surface area contributed by atoms with Crippen molar-refractivity contribution in [3.8, 4) is 0 Å². The molecule has 1 saturated carbocycles. The lowest BCUT2D eigenvalue weighted by atomic mass is 9.89. The van der Waals surface area contributed by atoms with Crippen molar-refractivity contribution >= 4 is 5.84 Å². The van der Waals surface area contributed by atoms with E-state index < -0.39 is 0 Å². The minimum Gasteiger partial charge on any atom is -0.369 e. The smallest absolute Gasteiger partial charge is 0.108 e. The third-order valence-corrected chi connectivity index (χ3v) is 2.67. The van der Waals surface area contributed by atoms with E-state index in [1.807, 2.05) is 0 Å². The highest BCUT2D eigenvalue weighted by molar-refractivity contribution is 5.82. The Hall–Kier alpha value is -0.570. The molecule has 2 rings (SSSR count). The molecule has 0 amide bonds. The number of hydrogen-bond acceptors (Lipinski definition) is 2. The molecule has 1 aliphatic carbocycles. The fourth-order valence-corrected chi connectivity index (χ4v) is 2.06. The fraction of sp³-hybridized carbons (Fsp3) is 0.875. The lowest BCUT2D eigenvalue weighted by Crippen LogP contribution is -2.59. The maximum Gasteiger partial charge on any atom is 0.108 e. The molecule has 1 aliphatic heterocycles. The molecule has 1 heterocycles. The Morgan fingerprint density at radius 1 is 1.18 bits per heavy atom. The number of rotatable bonds is 0. The van der Waals surface area contributed by atoms with Crippen molar-refractivity contribution in [1.29, 1.82) is 5.41 Å². The second-order valence-electron chi connectivity index (χ2n) is 3.50. The van der Waals surface area contributed by atoms with Crippen LogP contribution in [0.1, 0.15) is 25.7 Å². The summed E-state index contributed by atoms with van der Waals surface area (Å²) < 4.78 is 0. The molecule has 3 N–H and O–H groups in total. The molecular formula is C8H15N3. The van der Waals surface area contributed by atoms with Gasteiger partial charge in [-0.1, -0.05) is 12.8 Å². The molecule has 2 atom stereocenters. The molecule has 0 aromatic heterocycles. The zero-order valence-corrected chi connectivity index (χ0v) is 6.69. The standard InChI is InChI=1S/C8H15N3/c9-8-5-10-6-3-1-2-4-7(6)11-8/h6-7,10H,1-5H2,(H2,9,11)/t6-,7+/m0/s1. The summed E-state index contributed by atoms with van der Waals surface area (Å²) in [5, 5.41) is 14.1. The first-order valence-electron chi connectivity index (χ1n) is 4.43. The lowest BCUT2D eigenvalue weighted by molar-refractivity contribution is 0.299. The van der Waals surface area contributed by atoms with Crippen LogP contribution >= 0.6 is 0 Å². The van der Waals surface area contributed by atoms with Crippen LogP contribution in [-0.4, -0.2) is 24.5 Å². The van der Waals surface area contributed by atoms with Crippen molar-refractivity contribution in [2.45, 2.75) is 37.8 Å². The zero-order valence-electron chi connectivity index (χ0n) is 6.69. The second kappa shape index (κ2) is 2.81. The van der Waals surface area contributed by atoms with Gasteiger partial charge in [-0.25, -0.2) is 0 Å². The predicted octanol–water partition coefficient (Wildman–Crippen LogP) is 0.468. The molecule has 0 radical (unpaired) electrons. The van der Waals surface area contributed by atoms with E-state index in [4.69, 9.17) is 5.41 Å². The quantitative estimate of drug-likeness (QED) is 0.473. The summed E-state index contributed by atoms with van der Waals surface area (Å²) in [7, 11) is 0.